The van der Waals surface area contributed by atoms with Crippen molar-refractivity contribution in [2.24, 2.45) is 0 Å². The van der Waals surface area contributed by atoms with Crippen molar-refractivity contribution in [3.8, 4) is 0 Å². The molecular weight excluding hydrogens is 330 g/mol. The molecule has 2 heterocycles. The molecule has 126 valence electrons. The zero-order valence-electron chi connectivity index (χ0n) is 13.0. The van der Waals surface area contributed by atoms with E-state index in [1.807, 2.05) is 30.5 Å². The Labute approximate surface area is 139 Å². The van der Waals surface area contributed by atoms with Gasteiger partial charge in [0.1, 0.15) is 0 Å². The molecule has 0 spiro atoms. The van der Waals surface area contributed by atoms with E-state index in [1.165, 1.54) is 19.2 Å². The van der Waals surface area contributed by atoms with Crippen LogP contribution in [0.5, 0.6) is 0 Å². The molecule has 0 aliphatic carbocycles. The van der Waals surface area contributed by atoms with Gasteiger partial charge in [-0.3, -0.25) is 4.79 Å². The lowest BCUT2D eigenvalue weighted by Gasteiger charge is -2.03. The highest BCUT2D eigenvalue weighted by molar-refractivity contribution is 7.89. The zero-order valence-corrected chi connectivity index (χ0v) is 13.8. The van der Waals surface area contributed by atoms with Gasteiger partial charge in [0, 0.05) is 23.6 Å². The molecule has 7 nitrogen and oxygen atoms in total. The Morgan fingerprint density at radius 2 is 2.00 bits per heavy atom. The molecule has 0 unspecified atom stereocenters. The van der Waals surface area contributed by atoms with Gasteiger partial charge >= 0.3 is 0 Å². The molecule has 1 aromatic carbocycles. The van der Waals surface area contributed by atoms with Gasteiger partial charge in [-0.25, -0.2) is 13.1 Å². The number of fused-ring (bicyclic) bond motifs is 1. The van der Waals surface area contributed by atoms with Crippen LogP contribution in [0.15, 0.2) is 52.1 Å². The lowest BCUT2D eigenvalue weighted by atomic mass is 10.1. The molecule has 0 saturated heterocycles. The summed E-state index contributed by atoms with van der Waals surface area (Å²) in [4.78, 5) is 15.2. The average molecular weight is 347 g/mol. The van der Waals surface area contributed by atoms with Gasteiger partial charge < -0.3 is 14.7 Å². The first-order chi connectivity index (χ1) is 11.5. The topological polar surface area (TPSA) is 104 Å². The van der Waals surface area contributed by atoms with Crippen molar-refractivity contribution >= 4 is 26.8 Å². The van der Waals surface area contributed by atoms with Crippen molar-refractivity contribution in [2.45, 2.75) is 11.5 Å². The van der Waals surface area contributed by atoms with Crippen LogP contribution in [0.25, 0.3) is 10.9 Å². The van der Waals surface area contributed by atoms with E-state index >= 15 is 0 Å². The lowest BCUT2D eigenvalue weighted by molar-refractivity contribution is 0.0921. The Hall–Kier alpha value is -2.58. The van der Waals surface area contributed by atoms with Crippen LogP contribution in [-0.2, 0) is 16.4 Å². The van der Waals surface area contributed by atoms with E-state index in [-0.39, 0.29) is 10.9 Å². The van der Waals surface area contributed by atoms with Crippen LogP contribution in [0.3, 0.4) is 0 Å². The summed E-state index contributed by atoms with van der Waals surface area (Å²) in [6.07, 6.45) is 2.57. The monoisotopic (exact) mass is 347 g/mol. The fourth-order valence-electron chi connectivity index (χ4n) is 2.42. The molecule has 24 heavy (non-hydrogen) atoms. The molecule has 3 N–H and O–H groups in total. The van der Waals surface area contributed by atoms with Crippen LogP contribution >= 0.6 is 0 Å². The van der Waals surface area contributed by atoms with Crippen molar-refractivity contribution in [3.05, 3.63) is 53.9 Å². The van der Waals surface area contributed by atoms with Crippen molar-refractivity contribution in [1.29, 1.82) is 0 Å². The molecular formula is C16H17N3O4S. The van der Waals surface area contributed by atoms with Crippen LogP contribution in [-0.4, -0.2) is 32.9 Å². The second-order valence-electron chi connectivity index (χ2n) is 5.19. The average Bonchev–Trinajstić information content (AvgIpc) is 3.23. The number of carbonyl (C=O) groups excluding carboxylic acids is 1. The minimum absolute atomic E-state index is 0.0391. The van der Waals surface area contributed by atoms with Crippen molar-refractivity contribution in [1.82, 2.24) is 15.0 Å². The number of sulfonamides is 1. The lowest BCUT2D eigenvalue weighted by Crippen LogP contribution is -2.25. The maximum Gasteiger partial charge on any atom is 0.287 e. The van der Waals surface area contributed by atoms with Gasteiger partial charge in [0.25, 0.3) is 15.9 Å². The summed E-state index contributed by atoms with van der Waals surface area (Å²) in [6, 6.07) is 10.5. The van der Waals surface area contributed by atoms with E-state index in [9.17, 15) is 13.2 Å². The smallest absolute Gasteiger partial charge is 0.287 e. The Bertz CT molecular complexity index is 972. The molecule has 0 saturated carbocycles. The highest BCUT2D eigenvalue weighted by Gasteiger charge is 2.19. The van der Waals surface area contributed by atoms with E-state index < -0.39 is 15.9 Å². The molecule has 8 heteroatoms. The Morgan fingerprint density at radius 3 is 2.79 bits per heavy atom. The number of H-pyrrole nitrogens is 1. The summed E-state index contributed by atoms with van der Waals surface area (Å²) in [5.41, 5.74) is 2.15. The van der Waals surface area contributed by atoms with Crippen LogP contribution in [0.4, 0.5) is 0 Å². The molecule has 0 atom stereocenters. The largest absolute Gasteiger partial charge is 0.438 e. The molecule has 0 fully saturated rings. The van der Waals surface area contributed by atoms with Crippen LogP contribution in [0.2, 0.25) is 0 Å². The van der Waals surface area contributed by atoms with E-state index in [4.69, 9.17) is 4.42 Å². The van der Waals surface area contributed by atoms with Crippen molar-refractivity contribution in [2.75, 3.05) is 13.6 Å². The van der Waals surface area contributed by atoms with Gasteiger partial charge in [0.05, 0.1) is 0 Å². The standard InChI is InChI=1S/C16H17N3O4S/c1-17-24(21,22)15-7-6-14(23-15)16(20)18-9-8-11-10-19-13-5-3-2-4-12(11)13/h2-7,10,17,19H,8-9H2,1H3,(H,18,20). The second-order valence-corrected chi connectivity index (χ2v) is 7.01. The molecule has 1 amide bonds. The molecule has 0 radical (unpaired) electrons. The number of para-hydroxylation sites is 1. The summed E-state index contributed by atoms with van der Waals surface area (Å²) in [5.74, 6) is -0.491. The SMILES string of the molecule is CNS(=O)(=O)c1ccc(C(=O)NCCc2c[nH]c3ccccc23)o1. The number of amides is 1. The first-order valence-electron chi connectivity index (χ1n) is 7.38. The number of carbonyl (C=O) groups is 1. The van der Waals surface area contributed by atoms with Crippen molar-refractivity contribution < 1.29 is 17.6 Å². The predicted molar refractivity (Wildman–Crippen MR) is 89.3 cm³/mol. The highest BCUT2D eigenvalue weighted by atomic mass is 32.2. The minimum atomic E-state index is -3.69. The molecule has 0 aliphatic heterocycles. The Morgan fingerprint density at radius 1 is 1.21 bits per heavy atom. The number of rotatable bonds is 6. The third kappa shape index (κ3) is 3.19. The summed E-state index contributed by atoms with van der Waals surface area (Å²) in [7, 11) is -2.42. The van der Waals surface area contributed by atoms with Crippen molar-refractivity contribution in [3.63, 3.8) is 0 Å². The van der Waals surface area contributed by atoms with Crippen LogP contribution in [0, 0.1) is 0 Å². The number of benzene rings is 1. The fourth-order valence-corrected chi connectivity index (χ4v) is 3.07. The maximum absolute atomic E-state index is 12.0. The molecule has 0 aliphatic rings. The first kappa shape index (κ1) is 16.3. The van der Waals surface area contributed by atoms with E-state index in [0.717, 1.165) is 16.5 Å². The van der Waals surface area contributed by atoms with E-state index in [1.54, 1.807) is 0 Å². The van der Waals surface area contributed by atoms with Crippen LogP contribution in [0.1, 0.15) is 16.1 Å². The summed E-state index contributed by atoms with van der Waals surface area (Å²) in [5, 5.41) is 3.56. The van der Waals surface area contributed by atoms with E-state index in [2.05, 4.69) is 15.0 Å². The number of nitrogens with one attached hydrogen (secondary N) is 3. The van der Waals surface area contributed by atoms with Crippen LogP contribution < -0.4 is 10.0 Å². The minimum Gasteiger partial charge on any atom is -0.438 e. The predicted octanol–water partition coefficient (Wildman–Crippen LogP) is 1.64. The normalized spacial score (nSPS) is 11.7. The number of aromatic nitrogens is 1. The first-order valence-corrected chi connectivity index (χ1v) is 8.86. The highest BCUT2D eigenvalue weighted by Crippen LogP contribution is 2.18. The van der Waals surface area contributed by atoms with Gasteiger partial charge in [0.2, 0.25) is 5.09 Å². The van der Waals surface area contributed by atoms with Gasteiger partial charge in [-0.15, -0.1) is 0 Å². The van der Waals surface area contributed by atoms with Gasteiger partial charge in [0.15, 0.2) is 5.76 Å². The summed E-state index contributed by atoms with van der Waals surface area (Å²) < 4.78 is 30.4. The Balaban J connectivity index is 1.62. The number of hydrogen-bond donors (Lipinski definition) is 3. The maximum atomic E-state index is 12.0. The van der Waals surface area contributed by atoms with Gasteiger partial charge in [-0.1, -0.05) is 18.2 Å². The Kier molecular flexibility index (Phi) is 4.41. The van der Waals surface area contributed by atoms with Gasteiger partial charge in [-0.05, 0) is 37.2 Å². The number of aromatic amines is 1. The quantitative estimate of drug-likeness (QED) is 0.630. The number of furan rings is 1. The molecule has 0 bridgehead atoms. The number of hydrogen-bond acceptors (Lipinski definition) is 4. The molecule has 2 aromatic heterocycles. The van der Waals surface area contributed by atoms with Gasteiger partial charge in [-0.2, -0.15) is 0 Å². The summed E-state index contributed by atoms with van der Waals surface area (Å²) in [6.45, 7) is 0.412. The fraction of sp³-hybridized carbons (Fsp3) is 0.188. The molecule has 3 aromatic rings. The zero-order chi connectivity index (χ0) is 17.2. The second kappa shape index (κ2) is 6.50. The molecule has 3 rings (SSSR count). The summed E-state index contributed by atoms with van der Waals surface area (Å²) >= 11 is 0. The third-order valence-corrected chi connectivity index (χ3v) is 4.98. The van der Waals surface area contributed by atoms with E-state index in [0.29, 0.717) is 13.0 Å². The third-order valence-electron chi connectivity index (χ3n) is 3.69.